The topological polar surface area (TPSA) is 69.9 Å². The van der Waals surface area contributed by atoms with E-state index in [2.05, 4.69) is 15.3 Å². The molecule has 2 aromatic heterocycles. The molecular formula is C16H14N4O2. The number of pyridine rings is 1. The second-order valence-electron chi connectivity index (χ2n) is 4.56. The number of carbonyl (C=O) groups excluding carboxylic acids is 1. The molecule has 6 nitrogen and oxygen atoms in total. The van der Waals surface area contributed by atoms with Crippen molar-refractivity contribution < 1.29 is 9.53 Å². The van der Waals surface area contributed by atoms with Crippen molar-refractivity contribution in [2.45, 2.75) is 6.92 Å². The summed E-state index contributed by atoms with van der Waals surface area (Å²) in [4.78, 5) is 15.7. The van der Waals surface area contributed by atoms with Gasteiger partial charge < -0.3 is 4.74 Å². The second kappa shape index (κ2) is 6.17. The van der Waals surface area contributed by atoms with Crippen LogP contribution in [0.3, 0.4) is 0 Å². The van der Waals surface area contributed by atoms with E-state index < -0.39 is 0 Å². The molecule has 0 aliphatic heterocycles. The van der Waals surface area contributed by atoms with Crippen LogP contribution in [0.4, 0.5) is 0 Å². The van der Waals surface area contributed by atoms with Gasteiger partial charge in [-0.15, -0.1) is 5.10 Å². The maximum Gasteiger partial charge on any atom is 0.338 e. The Labute approximate surface area is 127 Å². The number of nitrogens with zero attached hydrogens (tertiary/aromatic N) is 4. The molecule has 3 aromatic rings. The molecule has 0 spiro atoms. The predicted molar refractivity (Wildman–Crippen MR) is 80.5 cm³/mol. The molecular weight excluding hydrogens is 280 g/mol. The predicted octanol–water partition coefficient (Wildman–Crippen LogP) is 2.51. The van der Waals surface area contributed by atoms with Gasteiger partial charge in [0.1, 0.15) is 5.69 Å². The number of aromatic nitrogens is 4. The largest absolute Gasteiger partial charge is 0.462 e. The van der Waals surface area contributed by atoms with Crippen molar-refractivity contribution in [3.63, 3.8) is 0 Å². The summed E-state index contributed by atoms with van der Waals surface area (Å²) in [6.07, 6.45) is 5.23. The van der Waals surface area contributed by atoms with E-state index in [9.17, 15) is 4.79 Å². The van der Waals surface area contributed by atoms with Gasteiger partial charge in [-0.25, -0.2) is 9.48 Å². The average molecular weight is 294 g/mol. The number of rotatable bonds is 4. The number of hydrogen-bond acceptors (Lipinski definition) is 5. The van der Waals surface area contributed by atoms with Crippen LogP contribution in [-0.2, 0) is 4.74 Å². The fraction of sp³-hybridized carbons (Fsp3) is 0.125. The van der Waals surface area contributed by atoms with Crippen molar-refractivity contribution in [2.75, 3.05) is 6.61 Å². The Hall–Kier alpha value is -3.02. The molecule has 6 heteroatoms. The molecule has 0 saturated carbocycles. The zero-order chi connectivity index (χ0) is 15.4. The van der Waals surface area contributed by atoms with Crippen LogP contribution in [0.1, 0.15) is 17.3 Å². The summed E-state index contributed by atoms with van der Waals surface area (Å²) in [6.45, 7) is 2.14. The van der Waals surface area contributed by atoms with Crippen molar-refractivity contribution >= 4 is 5.97 Å². The molecule has 0 atom stereocenters. The Morgan fingerprint density at radius 1 is 1.23 bits per heavy atom. The van der Waals surface area contributed by atoms with Crippen molar-refractivity contribution in [1.29, 1.82) is 0 Å². The van der Waals surface area contributed by atoms with Gasteiger partial charge in [0.15, 0.2) is 0 Å². The lowest BCUT2D eigenvalue weighted by atomic mass is 10.1. The monoisotopic (exact) mass is 294 g/mol. The van der Waals surface area contributed by atoms with E-state index in [0.717, 1.165) is 16.9 Å². The van der Waals surface area contributed by atoms with Crippen molar-refractivity contribution in [2.24, 2.45) is 0 Å². The maximum absolute atomic E-state index is 11.6. The fourth-order valence-corrected chi connectivity index (χ4v) is 2.00. The van der Waals surface area contributed by atoms with E-state index in [1.54, 1.807) is 36.1 Å². The third-order valence-electron chi connectivity index (χ3n) is 3.10. The minimum absolute atomic E-state index is 0.326. The molecule has 0 fully saturated rings. The first-order valence-electron chi connectivity index (χ1n) is 6.88. The lowest BCUT2D eigenvalue weighted by molar-refractivity contribution is 0.0526. The zero-order valence-electron chi connectivity index (χ0n) is 12.0. The third-order valence-corrected chi connectivity index (χ3v) is 3.10. The third kappa shape index (κ3) is 2.85. The summed E-state index contributed by atoms with van der Waals surface area (Å²) in [5, 5.41) is 8.23. The van der Waals surface area contributed by atoms with Crippen LogP contribution < -0.4 is 0 Å². The number of carbonyl (C=O) groups is 1. The Morgan fingerprint density at radius 3 is 2.73 bits per heavy atom. The lowest BCUT2D eigenvalue weighted by Gasteiger charge is -2.02. The van der Waals surface area contributed by atoms with Crippen LogP contribution in [0.15, 0.2) is 55.0 Å². The number of hydrogen-bond donors (Lipinski definition) is 0. The molecule has 0 aliphatic rings. The summed E-state index contributed by atoms with van der Waals surface area (Å²) < 4.78 is 6.61. The first-order valence-corrected chi connectivity index (χ1v) is 6.88. The lowest BCUT2D eigenvalue weighted by Crippen LogP contribution is -2.03. The molecule has 0 radical (unpaired) electrons. The van der Waals surface area contributed by atoms with Crippen LogP contribution in [0, 0.1) is 0 Å². The summed E-state index contributed by atoms with van der Waals surface area (Å²) in [5.41, 5.74) is 2.96. The van der Waals surface area contributed by atoms with Crippen molar-refractivity contribution in [1.82, 2.24) is 20.0 Å². The van der Waals surface area contributed by atoms with Crippen LogP contribution >= 0.6 is 0 Å². The number of benzene rings is 1. The molecule has 0 bridgehead atoms. The van der Waals surface area contributed by atoms with Crippen molar-refractivity contribution in [3.05, 3.63) is 60.6 Å². The van der Waals surface area contributed by atoms with Crippen LogP contribution in [-0.4, -0.2) is 32.6 Å². The highest BCUT2D eigenvalue weighted by atomic mass is 16.5. The molecule has 22 heavy (non-hydrogen) atoms. The van der Waals surface area contributed by atoms with Crippen LogP contribution in [0.5, 0.6) is 0 Å². The van der Waals surface area contributed by atoms with Gasteiger partial charge in [-0.05, 0) is 31.2 Å². The standard InChI is InChI=1S/C16H14N4O2/c1-2-22-16(21)13-7-5-12(6-8-13)15-11-20(19-18-15)14-4-3-9-17-10-14/h3-11H,2H2,1H3. The van der Waals surface area contributed by atoms with Gasteiger partial charge in [-0.2, -0.15) is 0 Å². The summed E-state index contributed by atoms with van der Waals surface area (Å²) >= 11 is 0. The van der Waals surface area contributed by atoms with E-state index >= 15 is 0 Å². The fourth-order valence-electron chi connectivity index (χ4n) is 2.00. The smallest absolute Gasteiger partial charge is 0.338 e. The highest BCUT2D eigenvalue weighted by Gasteiger charge is 2.09. The highest BCUT2D eigenvalue weighted by molar-refractivity contribution is 5.89. The minimum Gasteiger partial charge on any atom is -0.462 e. The van der Waals surface area contributed by atoms with E-state index in [-0.39, 0.29) is 5.97 Å². The number of ether oxygens (including phenoxy) is 1. The summed E-state index contributed by atoms with van der Waals surface area (Å²) in [7, 11) is 0. The molecule has 0 saturated heterocycles. The SMILES string of the molecule is CCOC(=O)c1ccc(-c2cn(-c3cccnc3)nn2)cc1. The second-order valence-corrected chi connectivity index (χ2v) is 4.56. The van der Waals surface area contributed by atoms with Gasteiger partial charge in [-0.1, -0.05) is 17.3 Å². The molecule has 0 unspecified atom stereocenters. The first-order chi connectivity index (χ1) is 10.8. The van der Waals surface area contributed by atoms with E-state index in [1.165, 1.54) is 0 Å². The molecule has 110 valence electrons. The van der Waals surface area contributed by atoms with Crippen LogP contribution in [0.2, 0.25) is 0 Å². The van der Waals surface area contributed by atoms with E-state index in [0.29, 0.717) is 12.2 Å². The molecule has 2 heterocycles. The Kier molecular flexibility index (Phi) is 3.91. The maximum atomic E-state index is 11.6. The quantitative estimate of drug-likeness (QED) is 0.691. The highest BCUT2D eigenvalue weighted by Crippen LogP contribution is 2.18. The van der Waals surface area contributed by atoms with Gasteiger partial charge in [-0.3, -0.25) is 4.98 Å². The van der Waals surface area contributed by atoms with Gasteiger partial charge >= 0.3 is 5.97 Å². The minimum atomic E-state index is -0.326. The Morgan fingerprint density at radius 2 is 2.05 bits per heavy atom. The molecule has 3 rings (SSSR count). The Bertz CT molecular complexity index is 766. The average Bonchev–Trinajstić information content (AvgIpc) is 3.06. The molecule has 0 amide bonds. The molecule has 0 aliphatic carbocycles. The van der Waals surface area contributed by atoms with E-state index in [1.807, 2.05) is 30.5 Å². The summed E-state index contributed by atoms with van der Waals surface area (Å²) in [6, 6.07) is 10.8. The Balaban J connectivity index is 1.83. The summed E-state index contributed by atoms with van der Waals surface area (Å²) in [5.74, 6) is -0.326. The van der Waals surface area contributed by atoms with Gasteiger partial charge in [0.25, 0.3) is 0 Å². The van der Waals surface area contributed by atoms with Crippen LogP contribution in [0.25, 0.3) is 16.9 Å². The van der Waals surface area contributed by atoms with Gasteiger partial charge in [0, 0.05) is 11.8 Å². The van der Waals surface area contributed by atoms with Gasteiger partial charge in [0.05, 0.1) is 30.3 Å². The van der Waals surface area contributed by atoms with Gasteiger partial charge in [0.2, 0.25) is 0 Å². The zero-order valence-corrected chi connectivity index (χ0v) is 12.0. The normalized spacial score (nSPS) is 10.4. The molecule has 1 aromatic carbocycles. The van der Waals surface area contributed by atoms with E-state index in [4.69, 9.17) is 4.74 Å². The molecule has 0 N–H and O–H groups in total. The first kappa shape index (κ1) is 13.9. The number of esters is 1. The van der Waals surface area contributed by atoms with Crippen molar-refractivity contribution in [3.8, 4) is 16.9 Å².